The van der Waals surface area contributed by atoms with Gasteiger partial charge in [0.05, 0.1) is 0 Å². The van der Waals surface area contributed by atoms with Crippen molar-refractivity contribution in [2.75, 3.05) is 13.1 Å². The number of hydrogen-bond acceptors (Lipinski definition) is 1. The molecule has 0 bridgehead atoms. The van der Waals surface area contributed by atoms with E-state index in [1.807, 2.05) is 0 Å². The summed E-state index contributed by atoms with van der Waals surface area (Å²) in [7, 11) is 2.11. The zero-order valence-corrected chi connectivity index (χ0v) is 11.6. The highest BCUT2D eigenvalue weighted by Crippen LogP contribution is 2.31. The van der Waals surface area contributed by atoms with E-state index in [9.17, 15) is 0 Å². The van der Waals surface area contributed by atoms with Gasteiger partial charge in [-0.1, -0.05) is 12.1 Å². The number of rotatable bonds is 1. The Morgan fingerprint density at radius 2 is 2.06 bits per heavy atom. The molecule has 2 heterocycles. The van der Waals surface area contributed by atoms with Gasteiger partial charge in [0.25, 0.3) is 0 Å². The molecule has 1 N–H and O–H groups in total. The van der Waals surface area contributed by atoms with Crippen LogP contribution in [0.15, 0.2) is 28.9 Å². The number of nitrogens with zero attached hydrogens (tertiary/aromatic N) is 1. The van der Waals surface area contributed by atoms with Crippen LogP contribution >= 0.6 is 15.9 Å². The molecule has 2 nitrogen and oxygen atoms in total. The van der Waals surface area contributed by atoms with Crippen LogP contribution in [0.4, 0.5) is 0 Å². The molecular formula is C14H17BrN2. The lowest BCUT2D eigenvalue weighted by Gasteiger charge is -2.23. The largest absolute Gasteiger partial charge is 0.349 e. The molecule has 1 aliphatic heterocycles. The van der Waals surface area contributed by atoms with Crippen LogP contribution in [0.25, 0.3) is 10.9 Å². The molecule has 17 heavy (non-hydrogen) atoms. The minimum Gasteiger partial charge on any atom is -0.349 e. The van der Waals surface area contributed by atoms with Crippen molar-refractivity contribution >= 4 is 26.8 Å². The summed E-state index contributed by atoms with van der Waals surface area (Å²) >= 11 is 3.61. The fraction of sp³-hybridized carbons (Fsp3) is 0.429. The highest BCUT2D eigenvalue weighted by molar-refractivity contribution is 9.10. The van der Waals surface area contributed by atoms with Gasteiger partial charge in [-0.15, -0.1) is 0 Å². The third-order valence-corrected chi connectivity index (χ3v) is 4.41. The van der Waals surface area contributed by atoms with Gasteiger partial charge in [-0.05, 0) is 59.4 Å². The van der Waals surface area contributed by atoms with Crippen LogP contribution in [0.3, 0.4) is 0 Å². The maximum Gasteiger partial charge on any atom is 0.0492 e. The highest BCUT2D eigenvalue weighted by atomic mass is 79.9. The third kappa shape index (κ3) is 2.02. The maximum atomic E-state index is 3.61. The normalized spacial score (nSPS) is 17.8. The van der Waals surface area contributed by atoms with Crippen LogP contribution < -0.4 is 5.32 Å². The first-order chi connectivity index (χ1) is 8.25. The summed E-state index contributed by atoms with van der Waals surface area (Å²) < 4.78 is 3.39. The molecule has 0 spiro atoms. The van der Waals surface area contributed by atoms with Gasteiger partial charge in [0, 0.05) is 28.6 Å². The predicted molar refractivity (Wildman–Crippen MR) is 75.5 cm³/mol. The standard InChI is InChI=1S/C14H17BrN2/c1-17-9-13(15)12-3-2-11(8-14(12)17)10-4-6-16-7-5-10/h2-3,8-10,16H,4-7H2,1H3. The molecule has 0 unspecified atom stereocenters. The van der Waals surface area contributed by atoms with Crippen LogP contribution in [-0.2, 0) is 7.05 Å². The van der Waals surface area contributed by atoms with E-state index in [1.54, 1.807) is 0 Å². The van der Waals surface area contributed by atoms with Crippen LogP contribution in [0.2, 0.25) is 0 Å². The minimum atomic E-state index is 0.731. The van der Waals surface area contributed by atoms with Gasteiger partial charge in [-0.2, -0.15) is 0 Å². The Kier molecular flexibility index (Phi) is 2.97. The second-order valence-electron chi connectivity index (χ2n) is 4.89. The Bertz CT molecular complexity index is 538. The highest BCUT2D eigenvalue weighted by Gasteiger charge is 2.16. The molecule has 1 saturated heterocycles. The topological polar surface area (TPSA) is 17.0 Å². The summed E-state index contributed by atoms with van der Waals surface area (Å²) in [6, 6.07) is 6.90. The van der Waals surface area contributed by atoms with Gasteiger partial charge in [0.2, 0.25) is 0 Å². The van der Waals surface area contributed by atoms with Crippen molar-refractivity contribution in [1.29, 1.82) is 0 Å². The van der Waals surface area contributed by atoms with Crippen LogP contribution in [0.5, 0.6) is 0 Å². The molecule has 0 saturated carbocycles. The van der Waals surface area contributed by atoms with Crippen molar-refractivity contribution in [3.05, 3.63) is 34.4 Å². The van der Waals surface area contributed by atoms with Crippen molar-refractivity contribution in [2.45, 2.75) is 18.8 Å². The van der Waals surface area contributed by atoms with Gasteiger partial charge >= 0.3 is 0 Å². The van der Waals surface area contributed by atoms with Crippen LogP contribution in [0.1, 0.15) is 24.3 Å². The van der Waals surface area contributed by atoms with Crippen molar-refractivity contribution in [3.8, 4) is 0 Å². The second kappa shape index (κ2) is 4.46. The minimum absolute atomic E-state index is 0.731. The molecule has 3 heteroatoms. The van der Waals surface area contributed by atoms with E-state index in [2.05, 4.69) is 57.3 Å². The molecule has 0 amide bonds. The van der Waals surface area contributed by atoms with E-state index in [0.717, 1.165) is 19.0 Å². The Morgan fingerprint density at radius 3 is 2.82 bits per heavy atom. The number of piperidine rings is 1. The summed E-state index contributed by atoms with van der Waals surface area (Å²) in [5.74, 6) is 0.731. The zero-order valence-electron chi connectivity index (χ0n) is 10.0. The summed E-state index contributed by atoms with van der Waals surface area (Å²) in [4.78, 5) is 0. The lowest BCUT2D eigenvalue weighted by atomic mass is 9.90. The number of halogens is 1. The first-order valence-corrected chi connectivity index (χ1v) is 7.00. The van der Waals surface area contributed by atoms with Gasteiger partial charge < -0.3 is 9.88 Å². The van der Waals surface area contributed by atoms with Gasteiger partial charge in [0.1, 0.15) is 0 Å². The molecule has 1 aromatic carbocycles. The van der Waals surface area contributed by atoms with E-state index in [-0.39, 0.29) is 0 Å². The van der Waals surface area contributed by atoms with E-state index in [1.165, 1.54) is 33.8 Å². The van der Waals surface area contributed by atoms with E-state index >= 15 is 0 Å². The molecule has 1 aromatic heterocycles. The number of aryl methyl sites for hydroxylation is 1. The Morgan fingerprint density at radius 1 is 1.29 bits per heavy atom. The molecule has 0 radical (unpaired) electrons. The maximum absolute atomic E-state index is 3.61. The first kappa shape index (κ1) is 11.3. The van der Waals surface area contributed by atoms with Gasteiger partial charge in [0.15, 0.2) is 0 Å². The molecule has 1 fully saturated rings. The lowest BCUT2D eigenvalue weighted by Crippen LogP contribution is -2.26. The average molecular weight is 293 g/mol. The molecule has 2 aromatic rings. The van der Waals surface area contributed by atoms with E-state index < -0.39 is 0 Å². The van der Waals surface area contributed by atoms with E-state index in [0.29, 0.717) is 0 Å². The molecule has 0 atom stereocenters. The average Bonchev–Trinajstić information content (AvgIpc) is 2.66. The number of fused-ring (bicyclic) bond motifs is 1. The fourth-order valence-electron chi connectivity index (χ4n) is 2.76. The molecule has 1 aliphatic rings. The lowest BCUT2D eigenvalue weighted by molar-refractivity contribution is 0.460. The molecule has 3 rings (SSSR count). The molecule has 0 aliphatic carbocycles. The monoisotopic (exact) mass is 292 g/mol. The van der Waals surface area contributed by atoms with Crippen molar-refractivity contribution in [1.82, 2.24) is 9.88 Å². The Balaban J connectivity index is 2.03. The summed E-state index contributed by atoms with van der Waals surface area (Å²) in [6.45, 7) is 2.30. The Labute approximate surface area is 110 Å². The number of benzene rings is 1. The molecular weight excluding hydrogens is 276 g/mol. The summed E-state index contributed by atoms with van der Waals surface area (Å²) in [5.41, 5.74) is 2.82. The fourth-order valence-corrected chi connectivity index (χ4v) is 3.40. The smallest absolute Gasteiger partial charge is 0.0492 e. The summed E-state index contributed by atoms with van der Waals surface area (Å²) in [6.07, 6.45) is 4.66. The second-order valence-corrected chi connectivity index (χ2v) is 5.74. The SMILES string of the molecule is Cn1cc(Br)c2ccc(C3CCNCC3)cc21. The number of aromatic nitrogens is 1. The van der Waals surface area contributed by atoms with Crippen LogP contribution in [0, 0.1) is 0 Å². The third-order valence-electron chi connectivity index (χ3n) is 3.78. The molecule has 90 valence electrons. The van der Waals surface area contributed by atoms with Crippen molar-refractivity contribution in [2.24, 2.45) is 7.05 Å². The van der Waals surface area contributed by atoms with Gasteiger partial charge in [-0.3, -0.25) is 0 Å². The van der Waals surface area contributed by atoms with Crippen molar-refractivity contribution in [3.63, 3.8) is 0 Å². The zero-order chi connectivity index (χ0) is 11.8. The number of hydrogen-bond donors (Lipinski definition) is 1. The Hall–Kier alpha value is -0.800. The number of nitrogens with one attached hydrogen (secondary N) is 1. The predicted octanol–water partition coefficient (Wildman–Crippen LogP) is 3.41. The first-order valence-electron chi connectivity index (χ1n) is 6.21. The quantitative estimate of drug-likeness (QED) is 0.852. The van der Waals surface area contributed by atoms with E-state index in [4.69, 9.17) is 0 Å². The van der Waals surface area contributed by atoms with Crippen LogP contribution in [-0.4, -0.2) is 17.7 Å². The van der Waals surface area contributed by atoms with Gasteiger partial charge in [-0.25, -0.2) is 0 Å². The summed E-state index contributed by atoms with van der Waals surface area (Å²) in [5, 5.41) is 4.73. The van der Waals surface area contributed by atoms with Crippen molar-refractivity contribution < 1.29 is 0 Å².